The van der Waals surface area contributed by atoms with Crippen LogP contribution >= 0.6 is 0 Å². The van der Waals surface area contributed by atoms with Gasteiger partial charge in [0.2, 0.25) is 0 Å². The van der Waals surface area contributed by atoms with Crippen molar-refractivity contribution in [2.75, 3.05) is 0 Å². The zero-order chi connectivity index (χ0) is 32.8. The van der Waals surface area contributed by atoms with E-state index < -0.39 is 0 Å². The molecule has 0 radical (unpaired) electrons. The van der Waals surface area contributed by atoms with Crippen LogP contribution in [0, 0.1) is 16.7 Å². The molecule has 4 heteroatoms. The zero-order valence-electron chi connectivity index (χ0n) is 26.8. The highest BCUT2D eigenvalue weighted by Crippen LogP contribution is 2.50. The van der Waals surface area contributed by atoms with Crippen molar-refractivity contribution in [1.29, 1.82) is 10.7 Å². The molecule has 1 N–H and O–H groups in total. The lowest BCUT2D eigenvalue weighted by atomic mass is 9.82. The Morgan fingerprint density at radius 2 is 1.44 bits per heavy atom. The van der Waals surface area contributed by atoms with Crippen molar-refractivity contribution in [2.24, 2.45) is 4.99 Å². The number of hydrogen-bond acceptors (Lipinski definition) is 3. The highest BCUT2D eigenvalue weighted by atomic mass is 15.0. The lowest BCUT2D eigenvalue weighted by Crippen LogP contribution is -2.14. The van der Waals surface area contributed by atoms with Gasteiger partial charge < -0.3 is 9.98 Å². The molecule has 7 aromatic rings. The Hall–Kier alpha value is -6.31. The van der Waals surface area contributed by atoms with E-state index in [1.807, 2.05) is 42.6 Å². The van der Waals surface area contributed by atoms with Crippen LogP contribution in [0.3, 0.4) is 0 Å². The van der Waals surface area contributed by atoms with Crippen LogP contribution in [0.2, 0.25) is 0 Å². The lowest BCUT2D eigenvalue weighted by molar-refractivity contribution is 0.661. The molecule has 1 aromatic heterocycles. The maximum Gasteiger partial charge on any atom is 0.0991 e. The average Bonchev–Trinajstić information content (AvgIpc) is 3.57. The maximum atomic E-state index is 9.36. The number of fused-ring (bicyclic) bond motifs is 6. The minimum absolute atomic E-state index is 0.0709. The Morgan fingerprint density at radius 1 is 0.688 bits per heavy atom. The number of para-hydroxylation sites is 1. The van der Waals surface area contributed by atoms with E-state index in [2.05, 4.69) is 109 Å². The van der Waals surface area contributed by atoms with E-state index >= 15 is 0 Å². The first kappa shape index (κ1) is 29.1. The Kier molecular flexibility index (Phi) is 6.97. The third-order valence-electron chi connectivity index (χ3n) is 9.51. The molecule has 228 valence electrons. The third-order valence-corrected chi connectivity index (χ3v) is 9.51. The Balaban J connectivity index is 1.24. The van der Waals surface area contributed by atoms with Gasteiger partial charge in [-0.05, 0) is 76.4 Å². The molecular weight excluding hydrogens is 585 g/mol. The number of nitriles is 1. The second-order valence-corrected chi connectivity index (χ2v) is 12.8. The topological polar surface area (TPSA) is 64.9 Å². The Morgan fingerprint density at radius 3 is 2.29 bits per heavy atom. The van der Waals surface area contributed by atoms with Crippen molar-refractivity contribution in [3.8, 4) is 22.9 Å². The van der Waals surface area contributed by atoms with Crippen LogP contribution in [0.15, 0.2) is 151 Å². The predicted molar refractivity (Wildman–Crippen MR) is 198 cm³/mol. The molecule has 4 nitrogen and oxygen atoms in total. The van der Waals surface area contributed by atoms with Gasteiger partial charge in [-0.3, -0.25) is 4.99 Å². The molecule has 48 heavy (non-hydrogen) atoms. The zero-order valence-corrected chi connectivity index (χ0v) is 26.8. The molecule has 0 amide bonds. The van der Waals surface area contributed by atoms with Crippen molar-refractivity contribution in [1.82, 2.24) is 4.57 Å². The standard InChI is InChI=1S/C44H32N4/c1-44(2)38-20-8-6-18-34(38)36-25-43-37(24-39(36)44)35-19-7-9-21-42(35)48(43)33-17-11-13-30(23-33)28-47-41(31-14-4-3-5-15-31)26-40(46)32-16-10-12-29(22-32)27-45/h3-26,28,46H,1-2H3/b41-26-,46-40?,47-28?. The van der Waals surface area contributed by atoms with Gasteiger partial charge in [0.15, 0.2) is 0 Å². The Labute approximate surface area is 280 Å². The molecule has 0 saturated heterocycles. The van der Waals surface area contributed by atoms with Crippen molar-refractivity contribution < 1.29 is 0 Å². The fourth-order valence-corrected chi connectivity index (χ4v) is 7.11. The van der Waals surface area contributed by atoms with E-state index in [0.717, 1.165) is 22.3 Å². The van der Waals surface area contributed by atoms with E-state index in [1.165, 1.54) is 38.5 Å². The average molecular weight is 617 g/mol. The lowest BCUT2D eigenvalue weighted by Gasteiger charge is -2.21. The number of rotatable bonds is 6. The van der Waals surface area contributed by atoms with Gasteiger partial charge in [0.05, 0.1) is 34.1 Å². The van der Waals surface area contributed by atoms with Gasteiger partial charge in [0.25, 0.3) is 0 Å². The van der Waals surface area contributed by atoms with Gasteiger partial charge in [-0.2, -0.15) is 5.26 Å². The van der Waals surface area contributed by atoms with Crippen molar-refractivity contribution >= 4 is 39.4 Å². The van der Waals surface area contributed by atoms with E-state index in [-0.39, 0.29) is 5.41 Å². The Bertz CT molecular complexity index is 2500. The molecule has 8 rings (SSSR count). The van der Waals surface area contributed by atoms with Crippen LogP contribution in [0.1, 0.15) is 47.2 Å². The van der Waals surface area contributed by atoms with Crippen LogP contribution in [-0.2, 0) is 5.41 Å². The highest BCUT2D eigenvalue weighted by Gasteiger charge is 2.36. The summed E-state index contributed by atoms with van der Waals surface area (Å²) in [6, 6.07) is 49.9. The number of allylic oxidation sites excluding steroid dienone is 1. The monoisotopic (exact) mass is 616 g/mol. The molecule has 0 spiro atoms. The molecule has 0 bridgehead atoms. The molecule has 0 aliphatic heterocycles. The fourth-order valence-electron chi connectivity index (χ4n) is 7.11. The number of nitrogens with zero attached hydrogens (tertiary/aromatic N) is 3. The first-order valence-electron chi connectivity index (χ1n) is 16.1. The second kappa shape index (κ2) is 11.5. The third kappa shape index (κ3) is 4.85. The summed E-state index contributed by atoms with van der Waals surface area (Å²) in [5.41, 5.74) is 12.7. The minimum Gasteiger partial charge on any atom is -0.309 e. The number of benzene rings is 6. The quantitative estimate of drug-likeness (QED) is 0.186. The van der Waals surface area contributed by atoms with Gasteiger partial charge in [-0.25, -0.2) is 0 Å². The molecule has 1 aliphatic carbocycles. The minimum atomic E-state index is -0.0709. The molecule has 1 heterocycles. The summed E-state index contributed by atoms with van der Waals surface area (Å²) >= 11 is 0. The van der Waals surface area contributed by atoms with Crippen LogP contribution in [-0.4, -0.2) is 16.5 Å². The van der Waals surface area contributed by atoms with Gasteiger partial charge in [0.1, 0.15) is 0 Å². The normalized spacial score (nSPS) is 13.5. The second-order valence-electron chi connectivity index (χ2n) is 12.8. The summed E-state index contributed by atoms with van der Waals surface area (Å²) < 4.78 is 2.36. The summed E-state index contributed by atoms with van der Waals surface area (Å²) in [7, 11) is 0. The molecule has 0 fully saturated rings. The van der Waals surface area contributed by atoms with Crippen molar-refractivity contribution in [2.45, 2.75) is 19.3 Å². The fraction of sp³-hybridized carbons (Fsp3) is 0.0682. The molecule has 1 aliphatic rings. The van der Waals surface area contributed by atoms with Gasteiger partial charge >= 0.3 is 0 Å². The summed E-state index contributed by atoms with van der Waals surface area (Å²) in [4.78, 5) is 4.93. The molecule has 0 unspecified atom stereocenters. The SMILES string of the molecule is CC1(C)c2ccccc2-c2cc3c(cc21)c1ccccc1n3-c1cccc(C=N/C(=C\C(=N)c2cccc(C#N)c2)c2ccccc2)c1. The number of aliphatic imine (C=N–C) groups is 1. The smallest absolute Gasteiger partial charge is 0.0991 e. The molecule has 0 saturated carbocycles. The number of hydrogen-bond donors (Lipinski definition) is 1. The molecule has 0 atom stereocenters. The van der Waals surface area contributed by atoms with Crippen LogP contribution < -0.4 is 0 Å². The largest absolute Gasteiger partial charge is 0.309 e. The van der Waals surface area contributed by atoms with Gasteiger partial charge in [0, 0.05) is 39.2 Å². The van der Waals surface area contributed by atoms with E-state index in [9.17, 15) is 5.26 Å². The van der Waals surface area contributed by atoms with Gasteiger partial charge in [-0.1, -0.05) is 111 Å². The first-order chi connectivity index (χ1) is 23.4. The van der Waals surface area contributed by atoms with Crippen molar-refractivity contribution in [3.63, 3.8) is 0 Å². The summed E-state index contributed by atoms with van der Waals surface area (Å²) in [5.74, 6) is 0. The first-order valence-corrected chi connectivity index (χ1v) is 16.1. The van der Waals surface area contributed by atoms with Gasteiger partial charge in [-0.15, -0.1) is 0 Å². The number of nitrogens with one attached hydrogen (secondary N) is 1. The van der Waals surface area contributed by atoms with Crippen molar-refractivity contribution in [3.05, 3.63) is 179 Å². The summed E-state index contributed by atoms with van der Waals surface area (Å²) in [5, 5.41) is 20.6. The van der Waals surface area contributed by atoms with Crippen LogP contribution in [0.5, 0.6) is 0 Å². The maximum absolute atomic E-state index is 9.36. The van der Waals surface area contributed by atoms with E-state index in [0.29, 0.717) is 22.5 Å². The van der Waals surface area contributed by atoms with Crippen LogP contribution in [0.25, 0.3) is 44.3 Å². The summed E-state index contributed by atoms with van der Waals surface area (Å²) in [6.07, 6.45) is 3.63. The predicted octanol–water partition coefficient (Wildman–Crippen LogP) is 10.5. The van der Waals surface area contributed by atoms with E-state index in [1.54, 1.807) is 24.3 Å². The molecular formula is C44H32N4. The number of aromatic nitrogens is 1. The summed E-state index contributed by atoms with van der Waals surface area (Å²) in [6.45, 7) is 4.66. The van der Waals surface area contributed by atoms with E-state index in [4.69, 9.17) is 10.4 Å². The highest BCUT2D eigenvalue weighted by molar-refractivity contribution is 6.12. The molecule has 6 aromatic carbocycles. The van der Waals surface area contributed by atoms with Crippen LogP contribution in [0.4, 0.5) is 0 Å².